The summed E-state index contributed by atoms with van der Waals surface area (Å²) in [5.41, 5.74) is 5.85. The number of para-hydroxylation sites is 1. The van der Waals surface area contributed by atoms with Crippen LogP contribution in [0.2, 0.25) is 0 Å². The molecule has 0 bridgehead atoms. The van der Waals surface area contributed by atoms with Crippen molar-refractivity contribution in [3.05, 3.63) is 77.4 Å². The predicted octanol–water partition coefficient (Wildman–Crippen LogP) is 6.82. The number of aryl methyl sites for hydroxylation is 2. The first-order valence-electron chi connectivity index (χ1n) is 10.6. The molecule has 1 heteroatoms. The second-order valence-corrected chi connectivity index (χ2v) is 9.10. The molecule has 1 aliphatic rings. The molecule has 144 valence electrons. The van der Waals surface area contributed by atoms with Crippen molar-refractivity contribution in [2.45, 2.75) is 64.8 Å². The highest BCUT2D eigenvalue weighted by Gasteiger charge is 2.50. The molecule has 28 heavy (non-hydrogen) atoms. The molecule has 1 nitrogen and oxygen atoms in total. The lowest BCUT2D eigenvalue weighted by atomic mass is 9.77. The van der Waals surface area contributed by atoms with E-state index in [1.807, 2.05) is 0 Å². The SMILES string of the molecule is CCc1cccc(CC)c1[N+]1=CC(C)(c2ccc3ccccc3c2)CC1(C)C. The number of benzene rings is 3. The van der Waals surface area contributed by atoms with Crippen molar-refractivity contribution < 1.29 is 4.58 Å². The molecule has 0 fully saturated rings. The minimum Gasteiger partial charge on any atom is -0.197 e. The molecule has 1 heterocycles. The molecule has 0 spiro atoms. The fourth-order valence-corrected chi connectivity index (χ4v) is 5.10. The van der Waals surface area contributed by atoms with Crippen LogP contribution in [0.4, 0.5) is 5.69 Å². The zero-order valence-corrected chi connectivity index (χ0v) is 17.9. The second kappa shape index (κ2) is 6.88. The minimum absolute atomic E-state index is 0.0272. The van der Waals surface area contributed by atoms with Gasteiger partial charge in [0.15, 0.2) is 11.8 Å². The van der Waals surface area contributed by atoms with Crippen LogP contribution in [0.5, 0.6) is 0 Å². The fourth-order valence-electron chi connectivity index (χ4n) is 5.10. The van der Waals surface area contributed by atoms with Crippen LogP contribution >= 0.6 is 0 Å². The van der Waals surface area contributed by atoms with E-state index in [9.17, 15) is 0 Å². The highest BCUT2D eigenvalue weighted by Crippen LogP contribution is 2.43. The molecule has 1 unspecified atom stereocenters. The maximum atomic E-state index is 2.58. The first kappa shape index (κ1) is 18.9. The Kier molecular flexibility index (Phi) is 4.65. The van der Waals surface area contributed by atoms with E-state index in [1.54, 1.807) is 0 Å². The second-order valence-electron chi connectivity index (χ2n) is 9.10. The number of hydrogen-bond donors (Lipinski definition) is 0. The summed E-state index contributed by atoms with van der Waals surface area (Å²) in [6.07, 6.45) is 5.75. The Bertz CT molecular complexity index is 1030. The van der Waals surface area contributed by atoms with Crippen LogP contribution in [0.15, 0.2) is 60.7 Å². The quantitative estimate of drug-likeness (QED) is 0.443. The Hall–Kier alpha value is -2.41. The van der Waals surface area contributed by atoms with Crippen LogP contribution in [0, 0.1) is 0 Å². The predicted molar refractivity (Wildman–Crippen MR) is 121 cm³/mol. The van der Waals surface area contributed by atoms with Gasteiger partial charge in [0.2, 0.25) is 5.69 Å². The van der Waals surface area contributed by atoms with Gasteiger partial charge in [-0.1, -0.05) is 74.5 Å². The van der Waals surface area contributed by atoms with Gasteiger partial charge in [-0.3, -0.25) is 0 Å². The van der Waals surface area contributed by atoms with Crippen LogP contribution < -0.4 is 0 Å². The standard InChI is InChI=1S/C27H32N/c1-6-20-13-10-14-21(7-2)25(20)28-19-27(5,18-26(28,3)4)24-16-15-22-11-8-9-12-23(22)17-24/h8-17,19H,6-7,18H2,1-5H3/q+1. The summed E-state index contributed by atoms with van der Waals surface area (Å²) >= 11 is 0. The first-order valence-corrected chi connectivity index (χ1v) is 10.6. The third kappa shape index (κ3) is 3.07. The van der Waals surface area contributed by atoms with E-state index in [0.717, 1.165) is 19.3 Å². The minimum atomic E-state index is 0.0272. The number of fused-ring (bicyclic) bond motifs is 1. The summed E-state index contributed by atoms with van der Waals surface area (Å²) < 4.78 is 2.58. The summed E-state index contributed by atoms with van der Waals surface area (Å²) in [6.45, 7) is 11.7. The maximum Gasteiger partial charge on any atom is 0.211 e. The van der Waals surface area contributed by atoms with Crippen molar-refractivity contribution in [3.8, 4) is 0 Å². The smallest absolute Gasteiger partial charge is 0.197 e. The lowest BCUT2D eigenvalue weighted by Gasteiger charge is -2.23. The van der Waals surface area contributed by atoms with Crippen molar-refractivity contribution >= 4 is 22.7 Å². The molecule has 1 aliphatic heterocycles. The zero-order valence-electron chi connectivity index (χ0n) is 17.9. The maximum absolute atomic E-state index is 2.58. The average molecular weight is 371 g/mol. The van der Waals surface area contributed by atoms with Gasteiger partial charge in [0, 0.05) is 31.4 Å². The third-order valence-electron chi connectivity index (χ3n) is 6.48. The lowest BCUT2D eigenvalue weighted by molar-refractivity contribution is -0.512. The normalized spacial score (nSPS) is 21.1. The van der Waals surface area contributed by atoms with E-state index in [4.69, 9.17) is 0 Å². The van der Waals surface area contributed by atoms with E-state index in [0.29, 0.717) is 0 Å². The molecule has 3 aromatic rings. The molecule has 1 atom stereocenters. The Morgan fingerprint density at radius 1 is 0.786 bits per heavy atom. The van der Waals surface area contributed by atoms with E-state index in [2.05, 4.69) is 106 Å². The fraction of sp³-hybridized carbons (Fsp3) is 0.370. The van der Waals surface area contributed by atoms with Crippen LogP contribution in [-0.2, 0) is 18.3 Å². The largest absolute Gasteiger partial charge is 0.211 e. The summed E-state index contributed by atoms with van der Waals surface area (Å²) in [5, 5.41) is 2.64. The Balaban J connectivity index is 1.88. The molecular formula is C27H32N+. The van der Waals surface area contributed by atoms with Crippen molar-refractivity contribution in [3.63, 3.8) is 0 Å². The van der Waals surface area contributed by atoms with Crippen LogP contribution in [0.1, 0.15) is 57.7 Å². The van der Waals surface area contributed by atoms with Crippen LogP contribution in [0.3, 0.4) is 0 Å². The molecule has 0 saturated heterocycles. The highest BCUT2D eigenvalue weighted by molar-refractivity contribution is 5.85. The van der Waals surface area contributed by atoms with Crippen molar-refractivity contribution in [2.24, 2.45) is 0 Å². The van der Waals surface area contributed by atoms with Gasteiger partial charge in [-0.25, -0.2) is 0 Å². The van der Waals surface area contributed by atoms with E-state index in [1.165, 1.54) is 33.2 Å². The third-order valence-corrected chi connectivity index (χ3v) is 6.48. The van der Waals surface area contributed by atoms with Gasteiger partial charge >= 0.3 is 0 Å². The van der Waals surface area contributed by atoms with Gasteiger partial charge in [0.25, 0.3) is 0 Å². The molecule has 4 rings (SSSR count). The van der Waals surface area contributed by atoms with Gasteiger partial charge in [-0.2, -0.15) is 4.58 Å². The number of rotatable bonds is 4. The Labute approximate surface area is 169 Å². The van der Waals surface area contributed by atoms with E-state index >= 15 is 0 Å². The van der Waals surface area contributed by atoms with Gasteiger partial charge in [-0.15, -0.1) is 0 Å². The lowest BCUT2D eigenvalue weighted by Crippen LogP contribution is -2.31. The Morgan fingerprint density at radius 2 is 1.43 bits per heavy atom. The van der Waals surface area contributed by atoms with Gasteiger partial charge in [0.1, 0.15) is 0 Å². The Morgan fingerprint density at radius 3 is 2.07 bits per heavy atom. The van der Waals surface area contributed by atoms with Crippen molar-refractivity contribution in [1.29, 1.82) is 0 Å². The summed E-state index contributed by atoms with van der Waals surface area (Å²) in [6, 6.07) is 22.5. The van der Waals surface area contributed by atoms with Gasteiger partial charge < -0.3 is 0 Å². The molecule has 0 amide bonds. The first-order chi connectivity index (χ1) is 13.4. The number of nitrogens with zero attached hydrogens (tertiary/aromatic N) is 1. The molecule has 0 saturated carbocycles. The molecular weight excluding hydrogens is 338 g/mol. The van der Waals surface area contributed by atoms with Crippen molar-refractivity contribution in [2.75, 3.05) is 0 Å². The number of hydrogen-bond acceptors (Lipinski definition) is 0. The van der Waals surface area contributed by atoms with Crippen LogP contribution in [0.25, 0.3) is 10.8 Å². The molecule has 0 N–H and O–H groups in total. The molecule has 0 radical (unpaired) electrons. The van der Waals surface area contributed by atoms with Gasteiger partial charge in [-0.05, 0) is 36.1 Å². The monoisotopic (exact) mass is 370 g/mol. The van der Waals surface area contributed by atoms with Gasteiger partial charge in [0.05, 0.1) is 5.41 Å². The zero-order chi connectivity index (χ0) is 19.9. The van der Waals surface area contributed by atoms with Crippen molar-refractivity contribution in [1.82, 2.24) is 0 Å². The highest BCUT2D eigenvalue weighted by atomic mass is 15.1. The topological polar surface area (TPSA) is 3.01 Å². The summed E-state index contributed by atoms with van der Waals surface area (Å²) in [4.78, 5) is 0. The summed E-state index contributed by atoms with van der Waals surface area (Å²) in [7, 11) is 0. The van der Waals surface area contributed by atoms with E-state index < -0.39 is 0 Å². The summed E-state index contributed by atoms with van der Waals surface area (Å²) in [5.74, 6) is 0. The average Bonchev–Trinajstić information content (AvgIpc) is 2.96. The molecule has 0 aliphatic carbocycles. The molecule has 3 aromatic carbocycles. The van der Waals surface area contributed by atoms with E-state index in [-0.39, 0.29) is 11.0 Å². The van der Waals surface area contributed by atoms with Crippen LogP contribution in [-0.4, -0.2) is 16.3 Å². The molecule has 0 aromatic heterocycles.